The first-order valence-corrected chi connectivity index (χ1v) is 17.7. The van der Waals surface area contributed by atoms with Gasteiger partial charge in [-0.05, 0) is 58.5 Å². The Morgan fingerprint density at radius 2 is 1.18 bits per heavy atom. The molecule has 0 aliphatic carbocycles. The topological polar surface area (TPSA) is 37.9 Å². The fourth-order valence-electron chi connectivity index (χ4n) is 6.86. The Morgan fingerprint density at radius 1 is 0.549 bits per heavy atom. The monoisotopic (exact) mass is 658 g/mol. The largest absolute Gasteiger partial charge is 0.455 e. The number of amidine groups is 1. The van der Waals surface area contributed by atoms with Crippen LogP contribution >= 0.6 is 0 Å². The number of hydrogen-bond donors (Lipinski definition) is 0. The summed E-state index contributed by atoms with van der Waals surface area (Å²) in [5.41, 5.74) is 11.1. The van der Waals surface area contributed by atoms with Gasteiger partial charge in [0, 0.05) is 27.5 Å². The van der Waals surface area contributed by atoms with Crippen LogP contribution in [0.3, 0.4) is 0 Å². The molecule has 0 saturated carbocycles. The first kappa shape index (κ1) is 31.9. The van der Waals surface area contributed by atoms with E-state index in [4.69, 9.17) is 14.4 Å². The minimum Gasteiger partial charge on any atom is -0.455 e. The van der Waals surface area contributed by atoms with Gasteiger partial charge in [0.25, 0.3) is 0 Å². The van der Waals surface area contributed by atoms with Gasteiger partial charge in [-0.25, -0.2) is 9.98 Å². The summed E-state index contributed by atoms with van der Waals surface area (Å²) < 4.78 is 6.43. The van der Waals surface area contributed by atoms with E-state index in [1.807, 2.05) is 18.2 Å². The van der Waals surface area contributed by atoms with Crippen molar-refractivity contribution in [3.63, 3.8) is 0 Å². The molecule has 0 aliphatic heterocycles. The summed E-state index contributed by atoms with van der Waals surface area (Å²) in [6.45, 7) is 4.25. The number of nitrogens with zero attached hydrogens (tertiary/aromatic N) is 2. The van der Waals surface area contributed by atoms with E-state index < -0.39 is 0 Å². The van der Waals surface area contributed by atoms with E-state index >= 15 is 0 Å². The van der Waals surface area contributed by atoms with Crippen molar-refractivity contribution in [2.45, 2.75) is 26.7 Å². The smallest absolute Gasteiger partial charge is 0.160 e. The summed E-state index contributed by atoms with van der Waals surface area (Å²) >= 11 is 0. The Balaban J connectivity index is 1.31. The number of para-hydroxylation sites is 2. The molecule has 51 heavy (non-hydrogen) atoms. The highest BCUT2D eigenvalue weighted by atomic mass is 16.3. The van der Waals surface area contributed by atoms with Crippen molar-refractivity contribution in [2.75, 3.05) is 0 Å². The normalized spacial score (nSPS) is 12.6. The Kier molecular flexibility index (Phi) is 8.93. The molecule has 0 saturated heterocycles. The van der Waals surface area contributed by atoms with E-state index in [1.165, 1.54) is 21.9 Å². The molecule has 3 heteroatoms. The van der Waals surface area contributed by atoms with Crippen molar-refractivity contribution in [2.24, 2.45) is 9.98 Å². The standard InChI is InChI=1S/C48H38N2O/c1-3-4-27-45(42-22-11-10-21-41(42)40-25-14-19-36-18-8-9-20-39(36)40)50-48(37-31-29-35(30-32-37)34-16-6-5-7-17-34)49-33(2)38-24-15-26-44-43-23-12-13-28-46(43)51-47(38)44/h5-32H,3-4H2,1-2H3/b45-27+,49-33?,50-48?. The molecule has 0 bridgehead atoms. The number of hydrogen-bond acceptors (Lipinski definition) is 2. The third-order valence-electron chi connectivity index (χ3n) is 9.45. The van der Waals surface area contributed by atoms with E-state index in [-0.39, 0.29) is 0 Å². The molecule has 0 radical (unpaired) electrons. The number of aliphatic imine (C=N–C) groups is 2. The fraction of sp³-hybridized carbons (Fsp3) is 0.0833. The van der Waals surface area contributed by atoms with E-state index in [0.717, 1.165) is 74.0 Å². The van der Waals surface area contributed by atoms with Crippen LogP contribution in [0.15, 0.2) is 184 Å². The van der Waals surface area contributed by atoms with Gasteiger partial charge in [0.2, 0.25) is 0 Å². The van der Waals surface area contributed by atoms with Gasteiger partial charge in [-0.15, -0.1) is 0 Å². The van der Waals surface area contributed by atoms with E-state index in [0.29, 0.717) is 5.84 Å². The zero-order chi connectivity index (χ0) is 34.6. The summed E-state index contributed by atoms with van der Waals surface area (Å²) in [5.74, 6) is 0.648. The SMILES string of the molecule is CCC/C=C(/N=C(N=C(C)c1cccc2c1oc1ccccc12)c1ccc(-c2ccccc2)cc1)c1ccccc1-c1cccc2ccccc12. The highest BCUT2D eigenvalue weighted by Crippen LogP contribution is 2.36. The molecule has 1 aromatic heterocycles. The molecule has 7 aromatic carbocycles. The summed E-state index contributed by atoms with van der Waals surface area (Å²) in [5, 5.41) is 4.61. The van der Waals surface area contributed by atoms with Crippen LogP contribution < -0.4 is 0 Å². The molecule has 0 spiro atoms. The number of fused-ring (bicyclic) bond motifs is 4. The van der Waals surface area contributed by atoms with Crippen LogP contribution in [0.5, 0.6) is 0 Å². The maximum absolute atomic E-state index is 6.43. The summed E-state index contributed by atoms with van der Waals surface area (Å²) in [6.07, 6.45) is 4.16. The average molecular weight is 659 g/mol. The van der Waals surface area contributed by atoms with E-state index in [2.05, 4.69) is 166 Å². The van der Waals surface area contributed by atoms with Gasteiger partial charge in [0.15, 0.2) is 5.84 Å². The third kappa shape index (κ3) is 6.42. The van der Waals surface area contributed by atoms with Gasteiger partial charge in [0.05, 0.1) is 11.4 Å². The third-order valence-corrected chi connectivity index (χ3v) is 9.45. The van der Waals surface area contributed by atoms with Crippen molar-refractivity contribution in [3.8, 4) is 22.3 Å². The first-order valence-electron chi connectivity index (χ1n) is 17.7. The Hall–Kier alpha value is -6.32. The lowest BCUT2D eigenvalue weighted by molar-refractivity contribution is 0.668. The predicted octanol–water partition coefficient (Wildman–Crippen LogP) is 13.2. The van der Waals surface area contributed by atoms with E-state index in [9.17, 15) is 0 Å². The average Bonchev–Trinajstić information content (AvgIpc) is 3.58. The highest BCUT2D eigenvalue weighted by molar-refractivity contribution is 6.19. The van der Waals surface area contributed by atoms with Crippen molar-refractivity contribution >= 4 is 50.0 Å². The molecule has 246 valence electrons. The zero-order valence-corrected chi connectivity index (χ0v) is 28.9. The summed E-state index contributed by atoms with van der Waals surface area (Å²) in [6, 6.07) is 57.2. The number of rotatable bonds is 8. The van der Waals surface area contributed by atoms with Crippen LogP contribution in [0.25, 0.3) is 60.7 Å². The lowest BCUT2D eigenvalue weighted by Gasteiger charge is -2.14. The summed E-state index contributed by atoms with van der Waals surface area (Å²) in [7, 11) is 0. The lowest BCUT2D eigenvalue weighted by atomic mass is 9.93. The number of allylic oxidation sites excluding steroid dienone is 1. The molecule has 0 N–H and O–H groups in total. The second kappa shape index (κ2) is 14.3. The minimum atomic E-state index is 0.648. The van der Waals surface area contributed by atoms with Crippen LogP contribution in [0.2, 0.25) is 0 Å². The Bertz CT molecular complexity index is 2580. The Morgan fingerprint density at radius 3 is 2.02 bits per heavy atom. The maximum atomic E-state index is 6.43. The van der Waals surface area contributed by atoms with Gasteiger partial charge in [0.1, 0.15) is 11.2 Å². The maximum Gasteiger partial charge on any atom is 0.160 e. The van der Waals surface area contributed by atoms with Crippen molar-refractivity contribution in [1.82, 2.24) is 0 Å². The molecule has 8 rings (SSSR count). The minimum absolute atomic E-state index is 0.648. The van der Waals surface area contributed by atoms with Crippen LogP contribution in [0.1, 0.15) is 43.4 Å². The molecule has 8 aromatic rings. The molecule has 0 aliphatic rings. The zero-order valence-electron chi connectivity index (χ0n) is 28.9. The molecular formula is C48H38N2O. The van der Waals surface area contributed by atoms with Gasteiger partial charge in [-0.2, -0.15) is 0 Å². The molecule has 0 amide bonds. The molecule has 0 unspecified atom stereocenters. The lowest BCUT2D eigenvalue weighted by Crippen LogP contribution is -2.05. The second-order valence-corrected chi connectivity index (χ2v) is 12.8. The van der Waals surface area contributed by atoms with Crippen LogP contribution in [-0.4, -0.2) is 11.5 Å². The van der Waals surface area contributed by atoms with Gasteiger partial charge in [-0.3, -0.25) is 0 Å². The first-order chi connectivity index (χ1) is 25.2. The van der Waals surface area contributed by atoms with Crippen molar-refractivity contribution < 1.29 is 4.42 Å². The van der Waals surface area contributed by atoms with E-state index in [1.54, 1.807) is 0 Å². The van der Waals surface area contributed by atoms with Crippen LogP contribution in [0.4, 0.5) is 0 Å². The second-order valence-electron chi connectivity index (χ2n) is 12.8. The number of furan rings is 1. The fourth-order valence-corrected chi connectivity index (χ4v) is 6.86. The molecular weight excluding hydrogens is 621 g/mol. The number of benzene rings is 7. The van der Waals surface area contributed by atoms with Crippen molar-refractivity contribution in [1.29, 1.82) is 0 Å². The number of unbranched alkanes of at least 4 members (excludes halogenated alkanes) is 1. The predicted molar refractivity (Wildman–Crippen MR) is 217 cm³/mol. The molecule has 3 nitrogen and oxygen atoms in total. The van der Waals surface area contributed by atoms with Crippen LogP contribution in [0, 0.1) is 0 Å². The Labute approximate surface area is 299 Å². The van der Waals surface area contributed by atoms with Crippen LogP contribution in [-0.2, 0) is 0 Å². The van der Waals surface area contributed by atoms with Gasteiger partial charge in [-0.1, -0.05) is 171 Å². The molecule has 0 fully saturated rings. The van der Waals surface area contributed by atoms with Gasteiger partial charge < -0.3 is 4.42 Å². The van der Waals surface area contributed by atoms with Gasteiger partial charge >= 0.3 is 0 Å². The molecule has 0 atom stereocenters. The summed E-state index contributed by atoms with van der Waals surface area (Å²) in [4.78, 5) is 10.8. The highest BCUT2D eigenvalue weighted by Gasteiger charge is 2.16. The quantitative estimate of drug-likeness (QED) is 0.118. The molecule has 1 heterocycles. The van der Waals surface area contributed by atoms with Crippen molar-refractivity contribution in [3.05, 3.63) is 187 Å².